The van der Waals surface area contributed by atoms with E-state index in [1.54, 1.807) is 7.11 Å². The lowest BCUT2D eigenvalue weighted by Gasteiger charge is -2.30. The molecule has 0 saturated carbocycles. The summed E-state index contributed by atoms with van der Waals surface area (Å²) >= 11 is 0. The summed E-state index contributed by atoms with van der Waals surface area (Å²) in [4.78, 5) is 2.01. The van der Waals surface area contributed by atoms with Crippen LogP contribution in [0.4, 0.5) is 0 Å². The molecule has 4 nitrogen and oxygen atoms in total. The summed E-state index contributed by atoms with van der Waals surface area (Å²) in [5.74, 6) is 1.28. The fourth-order valence-electron chi connectivity index (χ4n) is 2.32. The Bertz CT molecular complexity index is 405. The van der Waals surface area contributed by atoms with Crippen LogP contribution in [0.2, 0.25) is 0 Å². The minimum atomic E-state index is -0.339. The molecule has 108 valence electrons. The zero-order valence-electron chi connectivity index (χ0n) is 12.6. The molecule has 0 aromatic heterocycles. The van der Waals surface area contributed by atoms with Gasteiger partial charge in [0.1, 0.15) is 5.75 Å². The fourth-order valence-corrected chi connectivity index (χ4v) is 2.32. The molecule has 0 spiro atoms. The lowest BCUT2D eigenvalue weighted by atomic mass is 9.94. The van der Waals surface area contributed by atoms with Crippen LogP contribution in [0.3, 0.4) is 0 Å². The van der Waals surface area contributed by atoms with E-state index in [1.165, 1.54) is 5.56 Å². The average Bonchev–Trinajstić information content (AvgIpc) is 2.38. The van der Waals surface area contributed by atoms with Crippen LogP contribution in [-0.4, -0.2) is 43.9 Å². The topological polar surface area (TPSA) is 58.7 Å². The standard InChI is InChI=1S/C15H26N2O2/c1-10(2)11-6-7-12(14(8-11)19-5)15(17(3)4)13(16)9-18/h6-8,10,13,15,18H,9,16H2,1-5H3. The molecule has 0 saturated heterocycles. The first kappa shape index (κ1) is 16.0. The Morgan fingerprint density at radius 3 is 2.37 bits per heavy atom. The lowest BCUT2D eigenvalue weighted by Crippen LogP contribution is -2.40. The van der Waals surface area contributed by atoms with E-state index in [-0.39, 0.29) is 18.7 Å². The number of hydrogen-bond acceptors (Lipinski definition) is 4. The van der Waals surface area contributed by atoms with E-state index in [4.69, 9.17) is 10.5 Å². The molecular weight excluding hydrogens is 240 g/mol. The van der Waals surface area contributed by atoms with Crippen LogP contribution in [0, 0.1) is 0 Å². The fraction of sp³-hybridized carbons (Fsp3) is 0.600. The van der Waals surface area contributed by atoms with Gasteiger partial charge in [-0.2, -0.15) is 0 Å². The molecule has 1 rings (SSSR count). The largest absolute Gasteiger partial charge is 0.496 e. The predicted molar refractivity (Wildman–Crippen MR) is 78.6 cm³/mol. The van der Waals surface area contributed by atoms with Gasteiger partial charge in [-0.15, -0.1) is 0 Å². The molecule has 0 aliphatic carbocycles. The van der Waals surface area contributed by atoms with E-state index < -0.39 is 0 Å². The third-order valence-electron chi connectivity index (χ3n) is 3.42. The van der Waals surface area contributed by atoms with Crippen LogP contribution in [0.5, 0.6) is 5.75 Å². The minimum Gasteiger partial charge on any atom is -0.496 e. The summed E-state index contributed by atoms with van der Waals surface area (Å²) in [5, 5.41) is 9.33. The number of rotatable bonds is 6. The van der Waals surface area contributed by atoms with E-state index in [1.807, 2.05) is 25.1 Å². The first-order valence-corrected chi connectivity index (χ1v) is 6.63. The molecule has 1 aromatic carbocycles. The highest BCUT2D eigenvalue weighted by atomic mass is 16.5. The number of nitrogens with two attached hydrogens (primary N) is 1. The number of aliphatic hydroxyl groups is 1. The number of methoxy groups -OCH3 is 1. The molecule has 2 unspecified atom stereocenters. The molecule has 0 aliphatic rings. The number of hydrogen-bond donors (Lipinski definition) is 2. The van der Waals surface area contributed by atoms with Gasteiger partial charge in [-0.3, -0.25) is 0 Å². The Hall–Kier alpha value is -1.10. The van der Waals surface area contributed by atoms with Crippen molar-refractivity contribution in [3.8, 4) is 5.75 Å². The van der Waals surface area contributed by atoms with Crippen LogP contribution in [-0.2, 0) is 0 Å². The van der Waals surface area contributed by atoms with Gasteiger partial charge in [0.15, 0.2) is 0 Å². The van der Waals surface area contributed by atoms with Crippen LogP contribution in [0.1, 0.15) is 36.9 Å². The SMILES string of the molecule is COc1cc(C(C)C)ccc1C(C(N)CO)N(C)C. The monoisotopic (exact) mass is 266 g/mol. The number of ether oxygens (including phenoxy) is 1. The van der Waals surface area contributed by atoms with E-state index >= 15 is 0 Å². The highest BCUT2D eigenvalue weighted by molar-refractivity contribution is 5.41. The van der Waals surface area contributed by atoms with Gasteiger partial charge >= 0.3 is 0 Å². The van der Waals surface area contributed by atoms with Crippen molar-refractivity contribution in [3.63, 3.8) is 0 Å². The smallest absolute Gasteiger partial charge is 0.123 e. The van der Waals surface area contributed by atoms with Gasteiger partial charge in [0.05, 0.1) is 19.8 Å². The molecule has 0 heterocycles. The predicted octanol–water partition coefficient (Wildman–Crippen LogP) is 1.74. The van der Waals surface area contributed by atoms with Gasteiger partial charge in [-0.25, -0.2) is 0 Å². The highest BCUT2D eigenvalue weighted by Gasteiger charge is 2.25. The molecule has 3 N–H and O–H groups in total. The van der Waals surface area contributed by atoms with E-state index in [0.717, 1.165) is 11.3 Å². The second kappa shape index (κ2) is 6.89. The van der Waals surface area contributed by atoms with Gasteiger partial charge in [0, 0.05) is 11.6 Å². The third kappa shape index (κ3) is 3.69. The zero-order valence-corrected chi connectivity index (χ0v) is 12.6. The lowest BCUT2D eigenvalue weighted by molar-refractivity contribution is 0.178. The number of likely N-dealkylation sites (N-methyl/N-ethyl adjacent to an activating group) is 1. The molecule has 0 fully saturated rings. The van der Waals surface area contributed by atoms with Gasteiger partial charge < -0.3 is 20.5 Å². The number of aliphatic hydroxyl groups excluding tert-OH is 1. The molecule has 2 atom stereocenters. The first-order valence-electron chi connectivity index (χ1n) is 6.63. The Morgan fingerprint density at radius 2 is 1.95 bits per heavy atom. The maximum absolute atomic E-state index is 9.33. The van der Waals surface area contributed by atoms with Crippen molar-refractivity contribution in [2.75, 3.05) is 27.8 Å². The van der Waals surface area contributed by atoms with Gasteiger partial charge in [-0.05, 0) is 31.6 Å². The summed E-state index contributed by atoms with van der Waals surface area (Å²) in [6.07, 6.45) is 0. The Kier molecular flexibility index (Phi) is 5.79. The van der Waals surface area contributed by atoms with Gasteiger partial charge in [-0.1, -0.05) is 26.0 Å². The van der Waals surface area contributed by atoms with Gasteiger partial charge in [0.25, 0.3) is 0 Å². The van der Waals surface area contributed by atoms with Crippen molar-refractivity contribution >= 4 is 0 Å². The van der Waals surface area contributed by atoms with Gasteiger partial charge in [0.2, 0.25) is 0 Å². The molecular formula is C15H26N2O2. The summed E-state index contributed by atoms with van der Waals surface area (Å²) in [6, 6.07) is 5.80. The summed E-state index contributed by atoms with van der Waals surface area (Å²) in [7, 11) is 5.58. The first-order chi connectivity index (χ1) is 8.92. The zero-order chi connectivity index (χ0) is 14.6. The van der Waals surface area contributed by atoms with Crippen molar-refractivity contribution < 1.29 is 9.84 Å². The van der Waals surface area contributed by atoms with Crippen molar-refractivity contribution in [1.29, 1.82) is 0 Å². The second-order valence-corrected chi connectivity index (χ2v) is 5.41. The van der Waals surface area contributed by atoms with Crippen LogP contribution in [0.25, 0.3) is 0 Å². The second-order valence-electron chi connectivity index (χ2n) is 5.41. The Morgan fingerprint density at radius 1 is 1.32 bits per heavy atom. The minimum absolute atomic E-state index is 0.0576. The molecule has 0 aliphatic heterocycles. The van der Waals surface area contributed by atoms with Crippen molar-refractivity contribution in [2.45, 2.75) is 31.8 Å². The molecule has 0 bridgehead atoms. The molecule has 0 radical (unpaired) electrons. The van der Waals surface area contributed by atoms with E-state index in [0.29, 0.717) is 5.92 Å². The van der Waals surface area contributed by atoms with Crippen molar-refractivity contribution in [1.82, 2.24) is 4.90 Å². The maximum Gasteiger partial charge on any atom is 0.123 e. The number of benzene rings is 1. The van der Waals surface area contributed by atoms with Crippen LogP contribution in [0.15, 0.2) is 18.2 Å². The van der Waals surface area contributed by atoms with Crippen molar-refractivity contribution in [2.24, 2.45) is 5.73 Å². The summed E-state index contributed by atoms with van der Waals surface area (Å²) in [6.45, 7) is 4.24. The summed E-state index contributed by atoms with van der Waals surface area (Å²) < 4.78 is 5.50. The highest BCUT2D eigenvalue weighted by Crippen LogP contribution is 2.32. The van der Waals surface area contributed by atoms with Crippen molar-refractivity contribution in [3.05, 3.63) is 29.3 Å². The Balaban J connectivity index is 3.23. The van der Waals surface area contributed by atoms with E-state index in [2.05, 4.69) is 26.0 Å². The molecule has 4 heteroatoms. The molecule has 0 amide bonds. The molecule has 19 heavy (non-hydrogen) atoms. The summed E-state index contributed by atoms with van der Waals surface area (Å²) in [5.41, 5.74) is 8.27. The Labute approximate surface area is 116 Å². The normalized spacial score (nSPS) is 14.8. The third-order valence-corrected chi connectivity index (χ3v) is 3.42. The van der Waals surface area contributed by atoms with E-state index in [9.17, 15) is 5.11 Å². The number of nitrogens with zero attached hydrogens (tertiary/aromatic N) is 1. The average molecular weight is 266 g/mol. The maximum atomic E-state index is 9.33. The molecule has 1 aromatic rings. The quantitative estimate of drug-likeness (QED) is 0.823. The van der Waals surface area contributed by atoms with Crippen LogP contribution >= 0.6 is 0 Å². The van der Waals surface area contributed by atoms with Crippen LogP contribution < -0.4 is 10.5 Å².